The van der Waals surface area contributed by atoms with Gasteiger partial charge in [0.2, 0.25) is 0 Å². The van der Waals surface area contributed by atoms with Gasteiger partial charge in [-0.1, -0.05) is 60.6 Å². The monoisotopic (exact) mass is 237 g/mol. The maximum Gasteiger partial charge on any atom is 0.181 e. The first kappa shape index (κ1) is 18.1. The molecule has 0 unspecified atom stereocenters. The highest BCUT2D eigenvalue weighted by atomic mass is 16.3. The lowest BCUT2D eigenvalue weighted by atomic mass is 10.3. The molecule has 2 nitrogen and oxygen atoms in total. The molecule has 2 aromatic rings. The van der Waals surface area contributed by atoms with E-state index in [9.17, 15) is 0 Å². The summed E-state index contributed by atoms with van der Waals surface area (Å²) >= 11 is 0. The molecule has 0 saturated carbocycles. The van der Waals surface area contributed by atoms with Gasteiger partial charge in [-0.05, 0) is 18.1 Å². The predicted molar refractivity (Wildman–Crippen MR) is 77.2 cm³/mol. The van der Waals surface area contributed by atoms with Crippen LogP contribution in [-0.2, 0) is 0 Å². The van der Waals surface area contributed by atoms with Gasteiger partial charge in [-0.25, -0.2) is 4.98 Å². The van der Waals surface area contributed by atoms with Crippen LogP contribution in [0.1, 0.15) is 48.5 Å². The molecule has 1 heterocycles. The fourth-order valence-electron chi connectivity index (χ4n) is 0.803. The van der Waals surface area contributed by atoms with Crippen LogP contribution in [0.2, 0.25) is 0 Å². The molecule has 0 N–H and O–H groups in total. The Bertz CT molecular complexity index is 319. The predicted octanol–water partition coefficient (Wildman–Crippen LogP) is 5.54. The summed E-state index contributed by atoms with van der Waals surface area (Å²) in [5.74, 6) is 0.833. The van der Waals surface area contributed by atoms with Gasteiger partial charge in [0.05, 0.1) is 0 Å². The summed E-state index contributed by atoms with van der Waals surface area (Å²) in [6.07, 6.45) is 1.45. The van der Waals surface area contributed by atoms with Crippen LogP contribution in [0.4, 0.5) is 0 Å². The summed E-state index contributed by atoms with van der Waals surface area (Å²) in [5, 5.41) is 0. The highest BCUT2D eigenvalue weighted by Crippen LogP contribution is 2.09. The van der Waals surface area contributed by atoms with Crippen LogP contribution in [0.3, 0.4) is 0 Å². The Labute approximate surface area is 106 Å². The van der Waals surface area contributed by atoms with Crippen LogP contribution in [0, 0.1) is 5.92 Å². The Balaban J connectivity index is 0. The number of hydrogen-bond donors (Lipinski definition) is 0. The van der Waals surface area contributed by atoms with E-state index in [4.69, 9.17) is 4.42 Å². The van der Waals surface area contributed by atoms with Crippen LogP contribution >= 0.6 is 0 Å². The fourth-order valence-corrected chi connectivity index (χ4v) is 0.803. The van der Waals surface area contributed by atoms with Crippen LogP contribution in [0.25, 0.3) is 11.1 Å². The summed E-state index contributed by atoms with van der Waals surface area (Å²) in [4.78, 5) is 3.95. The molecule has 1 aromatic carbocycles. The Hall–Kier alpha value is -1.31. The van der Waals surface area contributed by atoms with Crippen molar-refractivity contribution in [3.05, 3.63) is 30.7 Å². The smallest absolute Gasteiger partial charge is 0.181 e. The second-order valence-corrected chi connectivity index (χ2v) is 3.55. The molecule has 0 fully saturated rings. The number of benzene rings is 1. The number of fused-ring (bicyclic) bond motifs is 1. The average molecular weight is 237 g/mol. The summed E-state index contributed by atoms with van der Waals surface area (Å²) in [6.45, 7) is 14.5. The minimum absolute atomic E-state index is 0.833. The Morgan fingerprint density at radius 2 is 1.41 bits per heavy atom. The highest BCUT2D eigenvalue weighted by molar-refractivity contribution is 5.71. The molecule has 0 bridgehead atoms. The Morgan fingerprint density at radius 1 is 0.941 bits per heavy atom. The van der Waals surface area contributed by atoms with Crippen molar-refractivity contribution in [2.75, 3.05) is 0 Å². The van der Waals surface area contributed by atoms with E-state index in [-0.39, 0.29) is 0 Å². The van der Waals surface area contributed by atoms with Gasteiger partial charge in [0.1, 0.15) is 5.52 Å². The molecule has 0 radical (unpaired) electrons. The van der Waals surface area contributed by atoms with Gasteiger partial charge < -0.3 is 4.42 Å². The van der Waals surface area contributed by atoms with Gasteiger partial charge in [0, 0.05) is 0 Å². The van der Waals surface area contributed by atoms with Crippen molar-refractivity contribution >= 4 is 11.1 Å². The van der Waals surface area contributed by atoms with Crippen LogP contribution in [0.5, 0.6) is 0 Å². The maximum atomic E-state index is 5.01. The number of hydrogen-bond acceptors (Lipinski definition) is 2. The van der Waals surface area contributed by atoms with Crippen molar-refractivity contribution in [2.45, 2.75) is 48.5 Å². The quantitative estimate of drug-likeness (QED) is 0.601. The van der Waals surface area contributed by atoms with E-state index >= 15 is 0 Å². The number of aromatic nitrogens is 1. The number of rotatable bonds is 0. The molecule has 0 aliphatic heterocycles. The topological polar surface area (TPSA) is 26.0 Å². The third-order valence-electron chi connectivity index (χ3n) is 1.24. The van der Waals surface area contributed by atoms with Crippen molar-refractivity contribution in [3.63, 3.8) is 0 Å². The Morgan fingerprint density at radius 3 is 1.88 bits per heavy atom. The van der Waals surface area contributed by atoms with Crippen molar-refractivity contribution in [1.82, 2.24) is 4.98 Å². The summed E-state index contributed by atoms with van der Waals surface area (Å²) in [6, 6.07) is 7.67. The first-order valence-electron chi connectivity index (χ1n) is 6.48. The van der Waals surface area contributed by atoms with Gasteiger partial charge in [0.15, 0.2) is 12.0 Å². The van der Waals surface area contributed by atoms with Gasteiger partial charge in [-0.15, -0.1) is 0 Å². The number of oxazole rings is 1. The lowest BCUT2D eigenvalue weighted by Gasteiger charge is -1.79. The van der Waals surface area contributed by atoms with Gasteiger partial charge in [-0.3, -0.25) is 0 Å². The normalized spacial score (nSPS) is 8.24. The average Bonchev–Trinajstić information content (AvgIpc) is 2.81. The van der Waals surface area contributed by atoms with Gasteiger partial charge in [0.25, 0.3) is 0 Å². The van der Waals surface area contributed by atoms with E-state index in [2.05, 4.69) is 25.8 Å². The zero-order chi connectivity index (χ0) is 13.7. The van der Waals surface area contributed by atoms with Crippen molar-refractivity contribution in [1.29, 1.82) is 0 Å². The lowest BCUT2D eigenvalue weighted by Crippen LogP contribution is -1.66. The first-order chi connectivity index (χ1) is 8.20. The van der Waals surface area contributed by atoms with E-state index in [1.165, 1.54) is 6.39 Å². The van der Waals surface area contributed by atoms with Crippen molar-refractivity contribution in [2.24, 2.45) is 5.92 Å². The molecule has 98 valence electrons. The molecule has 1 aromatic heterocycles. The number of nitrogens with zero attached hydrogens (tertiary/aromatic N) is 1. The van der Waals surface area contributed by atoms with E-state index in [1.54, 1.807) is 0 Å². The minimum Gasteiger partial charge on any atom is -0.443 e. The number of para-hydroxylation sites is 2. The molecule has 0 aliphatic carbocycles. The fraction of sp³-hybridized carbons (Fsp3) is 0.533. The lowest BCUT2D eigenvalue weighted by molar-refractivity contribution is 0.602. The Kier molecular flexibility index (Phi) is 13.6. The third kappa shape index (κ3) is 9.61. The largest absolute Gasteiger partial charge is 0.443 e. The van der Waals surface area contributed by atoms with Crippen LogP contribution in [-0.4, -0.2) is 4.98 Å². The molecule has 0 spiro atoms. The zero-order valence-corrected chi connectivity index (χ0v) is 12.3. The van der Waals surface area contributed by atoms with E-state index < -0.39 is 0 Å². The van der Waals surface area contributed by atoms with E-state index in [0.717, 1.165) is 17.0 Å². The van der Waals surface area contributed by atoms with Crippen molar-refractivity contribution < 1.29 is 4.42 Å². The van der Waals surface area contributed by atoms with Gasteiger partial charge in [-0.2, -0.15) is 0 Å². The molecule has 0 aliphatic rings. The highest BCUT2D eigenvalue weighted by Gasteiger charge is 1.91. The van der Waals surface area contributed by atoms with E-state index in [1.807, 2.05) is 52.0 Å². The van der Waals surface area contributed by atoms with Crippen LogP contribution in [0.15, 0.2) is 35.1 Å². The summed E-state index contributed by atoms with van der Waals surface area (Å²) in [5.41, 5.74) is 1.76. The molecule has 2 heteroatoms. The molecule has 0 saturated heterocycles. The third-order valence-corrected chi connectivity index (χ3v) is 1.24. The first-order valence-corrected chi connectivity index (χ1v) is 6.48. The van der Waals surface area contributed by atoms with Gasteiger partial charge >= 0.3 is 0 Å². The van der Waals surface area contributed by atoms with Crippen molar-refractivity contribution in [3.8, 4) is 0 Å². The summed E-state index contributed by atoms with van der Waals surface area (Å²) < 4.78 is 5.01. The molecular weight excluding hydrogens is 210 g/mol. The minimum atomic E-state index is 0.833. The summed E-state index contributed by atoms with van der Waals surface area (Å²) in [7, 11) is 0. The molecular formula is C15H27NO. The SMILES string of the molecule is CC.CC.CC(C)C.c1ccc2ocnc2c1. The maximum absolute atomic E-state index is 5.01. The second-order valence-electron chi connectivity index (χ2n) is 3.55. The second kappa shape index (κ2) is 12.8. The van der Waals surface area contributed by atoms with E-state index in [0.29, 0.717) is 0 Å². The molecule has 2 rings (SSSR count). The van der Waals surface area contributed by atoms with Crippen LogP contribution < -0.4 is 0 Å². The standard InChI is InChI=1S/C7H5NO.C4H10.2C2H6/c1-2-4-7-6(3-1)8-5-9-7;1-4(2)3;2*1-2/h1-5H;4H,1-3H3;2*1-2H3. The zero-order valence-electron chi connectivity index (χ0n) is 12.3. The molecule has 0 atom stereocenters. The molecule has 0 amide bonds. The molecule has 17 heavy (non-hydrogen) atoms.